The van der Waals surface area contributed by atoms with E-state index in [2.05, 4.69) is 60.4 Å². The lowest BCUT2D eigenvalue weighted by molar-refractivity contribution is -0.119. The number of rotatable bonds is 7. The Balaban J connectivity index is 2.65. The van der Waals surface area contributed by atoms with Gasteiger partial charge in [-0.25, -0.2) is 4.79 Å². The van der Waals surface area contributed by atoms with E-state index < -0.39 is 12.0 Å². The van der Waals surface area contributed by atoms with Crippen LogP contribution in [0.15, 0.2) is 24.3 Å². The molecule has 0 aliphatic heterocycles. The summed E-state index contributed by atoms with van der Waals surface area (Å²) in [5.74, 6) is -0.0805. The molecule has 0 aliphatic carbocycles. The van der Waals surface area contributed by atoms with Crippen LogP contribution in [0.5, 0.6) is 0 Å². The van der Waals surface area contributed by atoms with E-state index in [4.69, 9.17) is 0 Å². The minimum atomic E-state index is -0.739. The topological polar surface area (TPSA) is 67.4 Å². The molecule has 0 saturated heterocycles. The Morgan fingerprint density at radius 1 is 1.18 bits per heavy atom. The molecule has 1 atom stereocenters. The molecule has 0 saturated carbocycles. The van der Waals surface area contributed by atoms with Gasteiger partial charge in [0.25, 0.3) is 0 Å². The summed E-state index contributed by atoms with van der Waals surface area (Å²) in [6, 6.07) is 8.51. The van der Waals surface area contributed by atoms with Crippen LogP contribution in [0, 0.1) is 5.92 Å². The smallest absolute Gasteiger partial charge is 0.413 e. The fourth-order valence-electron chi connectivity index (χ4n) is 2.33. The molecule has 1 aromatic rings. The van der Waals surface area contributed by atoms with Crippen molar-refractivity contribution in [1.82, 2.24) is 10.6 Å². The van der Waals surface area contributed by atoms with Crippen LogP contribution in [0.3, 0.4) is 0 Å². The van der Waals surface area contributed by atoms with E-state index in [-0.39, 0.29) is 12.6 Å². The first-order valence-corrected chi connectivity index (χ1v) is 7.68. The number of carbonyl (C=O) groups excluding carboxylic acids is 2. The van der Waals surface area contributed by atoms with Crippen molar-refractivity contribution in [1.29, 1.82) is 0 Å². The maximum Gasteiger partial charge on any atom is 0.413 e. The number of nitrogens with one attached hydrogen (secondary N) is 2. The van der Waals surface area contributed by atoms with Crippen LogP contribution in [0.4, 0.5) is 4.79 Å². The van der Waals surface area contributed by atoms with Crippen molar-refractivity contribution >= 4 is 12.0 Å². The third-order valence-electron chi connectivity index (χ3n) is 3.45. The lowest BCUT2D eigenvalue weighted by Gasteiger charge is -2.23. The van der Waals surface area contributed by atoms with Crippen LogP contribution in [-0.2, 0) is 16.0 Å². The summed E-state index contributed by atoms with van der Waals surface area (Å²) in [7, 11) is 1.23. The second-order valence-corrected chi connectivity index (χ2v) is 5.63. The maximum atomic E-state index is 11.6. The molecule has 1 aromatic carbocycles. The summed E-state index contributed by atoms with van der Waals surface area (Å²) in [5.41, 5.74) is 2.46. The molecular formula is C17H26N2O3. The fraction of sp³-hybridized carbons (Fsp3) is 0.529. The molecule has 0 fully saturated rings. The third kappa shape index (κ3) is 5.85. The highest BCUT2D eigenvalue weighted by molar-refractivity contribution is 5.92. The fourth-order valence-corrected chi connectivity index (χ4v) is 2.33. The van der Waals surface area contributed by atoms with Gasteiger partial charge >= 0.3 is 6.09 Å². The van der Waals surface area contributed by atoms with Crippen LogP contribution in [-0.4, -0.2) is 25.7 Å². The molecule has 5 nitrogen and oxygen atoms in total. The molecule has 0 unspecified atom stereocenters. The molecule has 2 N–H and O–H groups in total. The predicted molar refractivity (Wildman–Crippen MR) is 86.6 cm³/mol. The van der Waals surface area contributed by atoms with Crippen molar-refractivity contribution in [3.63, 3.8) is 0 Å². The molecule has 1 rings (SSSR count). The molecule has 122 valence electrons. The van der Waals surface area contributed by atoms with Crippen molar-refractivity contribution in [2.75, 3.05) is 13.7 Å². The second kappa shape index (κ2) is 9.20. The lowest BCUT2D eigenvalue weighted by atomic mass is 9.94. The molecule has 22 heavy (non-hydrogen) atoms. The normalized spacial score (nSPS) is 12.0. The number of hydrogen-bond donors (Lipinski definition) is 2. The molecule has 0 aliphatic rings. The van der Waals surface area contributed by atoms with Gasteiger partial charge in [0.1, 0.15) is 0 Å². The molecule has 0 radical (unpaired) electrons. The quantitative estimate of drug-likeness (QED) is 0.813. The molecule has 2 amide bonds. The minimum Gasteiger partial charge on any atom is -0.453 e. The standard InChI is InChI=1S/C17H26N2O3/c1-5-6-13-7-9-14(10-8-13)16(12(2)3)18-11-15(20)19-17(21)22-4/h7-10,12,16,18H,5-6,11H2,1-4H3,(H,19,20,21)/t16-/m1/s1. The van der Waals surface area contributed by atoms with Gasteiger partial charge in [-0.3, -0.25) is 10.1 Å². The van der Waals surface area contributed by atoms with Crippen molar-refractivity contribution in [3.05, 3.63) is 35.4 Å². The van der Waals surface area contributed by atoms with Crippen LogP contribution in [0.2, 0.25) is 0 Å². The molecular weight excluding hydrogens is 280 g/mol. The van der Waals surface area contributed by atoms with Crippen LogP contribution in [0.25, 0.3) is 0 Å². The first-order chi connectivity index (χ1) is 10.5. The number of aryl methyl sites for hydroxylation is 1. The molecule has 0 spiro atoms. The van der Waals surface area contributed by atoms with E-state index in [1.807, 2.05) is 0 Å². The van der Waals surface area contributed by atoms with Crippen molar-refractivity contribution < 1.29 is 14.3 Å². The van der Waals surface area contributed by atoms with Crippen LogP contribution >= 0.6 is 0 Å². The van der Waals surface area contributed by atoms with Gasteiger partial charge in [0, 0.05) is 6.04 Å². The minimum absolute atomic E-state index is 0.0547. The number of imide groups is 1. The molecule has 0 heterocycles. The zero-order valence-electron chi connectivity index (χ0n) is 13.8. The molecule has 0 aromatic heterocycles. The third-order valence-corrected chi connectivity index (χ3v) is 3.45. The summed E-state index contributed by atoms with van der Waals surface area (Å²) in [4.78, 5) is 22.6. The van der Waals surface area contributed by atoms with Gasteiger partial charge in [0.15, 0.2) is 0 Å². The summed E-state index contributed by atoms with van der Waals surface area (Å²) >= 11 is 0. The first kappa shape index (κ1) is 18.2. The van der Waals surface area contributed by atoms with Crippen LogP contribution < -0.4 is 10.6 Å². The van der Waals surface area contributed by atoms with E-state index in [0.29, 0.717) is 5.92 Å². The Hall–Kier alpha value is -1.88. The number of alkyl carbamates (subject to hydrolysis) is 1. The van der Waals surface area contributed by atoms with Gasteiger partial charge in [-0.1, -0.05) is 51.5 Å². The number of benzene rings is 1. The van der Waals surface area contributed by atoms with E-state index in [1.165, 1.54) is 12.7 Å². The molecule has 5 heteroatoms. The number of hydrogen-bond acceptors (Lipinski definition) is 4. The number of carbonyl (C=O) groups is 2. The average Bonchev–Trinajstić information content (AvgIpc) is 2.48. The van der Waals surface area contributed by atoms with Gasteiger partial charge in [-0.2, -0.15) is 0 Å². The van der Waals surface area contributed by atoms with Crippen molar-refractivity contribution in [2.45, 2.75) is 39.7 Å². The zero-order chi connectivity index (χ0) is 16.5. The van der Waals surface area contributed by atoms with Gasteiger partial charge in [-0.05, 0) is 23.5 Å². The van der Waals surface area contributed by atoms with Gasteiger partial charge in [0.05, 0.1) is 13.7 Å². The summed E-state index contributed by atoms with van der Waals surface area (Å²) in [5, 5.41) is 5.33. The Morgan fingerprint density at radius 2 is 1.82 bits per heavy atom. The Labute approximate surface area is 132 Å². The predicted octanol–water partition coefficient (Wildman–Crippen LogP) is 2.81. The van der Waals surface area contributed by atoms with Crippen molar-refractivity contribution in [3.8, 4) is 0 Å². The van der Waals surface area contributed by atoms with E-state index >= 15 is 0 Å². The van der Waals surface area contributed by atoms with Crippen LogP contribution in [0.1, 0.15) is 44.4 Å². The second-order valence-electron chi connectivity index (χ2n) is 5.63. The zero-order valence-corrected chi connectivity index (χ0v) is 13.8. The Kier molecular flexibility index (Phi) is 7.60. The summed E-state index contributed by atoms with van der Waals surface area (Å²) < 4.78 is 4.40. The summed E-state index contributed by atoms with van der Waals surface area (Å²) in [6.07, 6.45) is 1.46. The average molecular weight is 306 g/mol. The van der Waals surface area contributed by atoms with E-state index in [1.54, 1.807) is 0 Å². The Bertz CT molecular complexity index is 483. The van der Waals surface area contributed by atoms with E-state index in [9.17, 15) is 9.59 Å². The number of ether oxygens (including phenoxy) is 1. The van der Waals surface area contributed by atoms with Gasteiger partial charge in [0.2, 0.25) is 5.91 Å². The SMILES string of the molecule is CCCc1ccc([C@H](NCC(=O)NC(=O)OC)C(C)C)cc1. The highest BCUT2D eigenvalue weighted by Crippen LogP contribution is 2.22. The van der Waals surface area contributed by atoms with Crippen molar-refractivity contribution in [2.24, 2.45) is 5.92 Å². The largest absolute Gasteiger partial charge is 0.453 e. The molecule has 0 bridgehead atoms. The highest BCUT2D eigenvalue weighted by atomic mass is 16.5. The first-order valence-electron chi connectivity index (χ1n) is 7.68. The number of methoxy groups -OCH3 is 1. The van der Waals surface area contributed by atoms with Gasteiger partial charge in [-0.15, -0.1) is 0 Å². The van der Waals surface area contributed by atoms with Gasteiger partial charge < -0.3 is 10.1 Å². The van der Waals surface area contributed by atoms with E-state index in [0.717, 1.165) is 18.4 Å². The maximum absolute atomic E-state index is 11.6. The lowest BCUT2D eigenvalue weighted by Crippen LogP contribution is -2.39. The summed E-state index contributed by atoms with van der Waals surface area (Å²) in [6.45, 7) is 6.41. The Morgan fingerprint density at radius 3 is 2.32 bits per heavy atom. The monoisotopic (exact) mass is 306 g/mol. The highest BCUT2D eigenvalue weighted by Gasteiger charge is 2.17. The number of amides is 2.